The van der Waals surface area contributed by atoms with E-state index in [0.29, 0.717) is 18.8 Å². The van der Waals surface area contributed by atoms with Crippen LogP contribution in [0.1, 0.15) is 24.0 Å². The molecule has 0 aliphatic rings. The van der Waals surface area contributed by atoms with Gasteiger partial charge in [0, 0.05) is 18.7 Å². The molecule has 2 heterocycles. The maximum atomic E-state index is 10.5. The van der Waals surface area contributed by atoms with Gasteiger partial charge in [0.05, 0.1) is 11.9 Å². The Kier molecular flexibility index (Phi) is 4.32. The average Bonchev–Trinajstić information content (AvgIpc) is 3.17. The standard InChI is InChI=1S/C18H21N3O2/c1-13-8-9-16(23-13)18(2,22)12-19-10-15-11-20-21-17(15)14-6-4-3-5-7-14/h3-9,11,19,22H,10,12H2,1-2H3,(H,20,21). The number of aliphatic hydroxyl groups is 1. The second-order valence-corrected chi connectivity index (χ2v) is 5.92. The monoisotopic (exact) mass is 311 g/mol. The molecule has 120 valence electrons. The Morgan fingerprint density at radius 3 is 2.70 bits per heavy atom. The minimum absolute atomic E-state index is 0.388. The summed E-state index contributed by atoms with van der Waals surface area (Å²) in [6, 6.07) is 13.7. The van der Waals surface area contributed by atoms with Gasteiger partial charge >= 0.3 is 0 Å². The maximum absolute atomic E-state index is 10.5. The highest BCUT2D eigenvalue weighted by molar-refractivity contribution is 5.62. The van der Waals surface area contributed by atoms with Gasteiger partial charge in [-0.2, -0.15) is 5.10 Å². The largest absolute Gasteiger partial charge is 0.463 e. The minimum atomic E-state index is -1.05. The zero-order valence-electron chi connectivity index (χ0n) is 13.3. The Balaban J connectivity index is 1.65. The molecule has 3 N–H and O–H groups in total. The number of nitrogens with zero attached hydrogens (tertiary/aromatic N) is 1. The summed E-state index contributed by atoms with van der Waals surface area (Å²) in [5.74, 6) is 1.36. The highest BCUT2D eigenvalue weighted by Crippen LogP contribution is 2.23. The van der Waals surface area contributed by atoms with Gasteiger partial charge < -0.3 is 14.8 Å². The van der Waals surface area contributed by atoms with Crippen molar-refractivity contribution in [3.8, 4) is 11.3 Å². The van der Waals surface area contributed by atoms with Crippen molar-refractivity contribution in [2.24, 2.45) is 0 Å². The summed E-state index contributed by atoms with van der Waals surface area (Å²) in [4.78, 5) is 0. The van der Waals surface area contributed by atoms with Gasteiger partial charge in [0.1, 0.15) is 17.1 Å². The van der Waals surface area contributed by atoms with Crippen LogP contribution in [0.5, 0.6) is 0 Å². The van der Waals surface area contributed by atoms with E-state index in [0.717, 1.165) is 22.6 Å². The van der Waals surface area contributed by atoms with E-state index in [1.165, 1.54) is 0 Å². The summed E-state index contributed by atoms with van der Waals surface area (Å²) in [5.41, 5.74) is 2.09. The second kappa shape index (κ2) is 6.40. The number of aromatic amines is 1. The molecule has 0 radical (unpaired) electrons. The molecule has 0 spiro atoms. The number of benzene rings is 1. The first-order valence-electron chi connectivity index (χ1n) is 7.64. The van der Waals surface area contributed by atoms with Crippen LogP contribution in [0.2, 0.25) is 0 Å². The summed E-state index contributed by atoms with van der Waals surface area (Å²) in [5, 5.41) is 21.0. The summed E-state index contributed by atoms with van der Waals surface area (Å²) in [7, 11) is 0. The van der Waals surface area contributed by atoms with Crippen LogP contribution in [0.15, 0.2) is 53.1 Å². The van der Waals surface area contributed by atoms with Gasteiger partial charge in [-0.25, -0.2) is 0 Å². The van der Waals surface area contributed by atoms with Crippen molar-refractivity contribution in [2.75, 3.05) is 6.54 Å². The predicted octanol–water partition coefficient (Wildman–Crippen LogP) is 2.98. The third-order valence-corrected chi connectivity index (χ3v) is 3.84. The summed E-state index contributed by atoms with van der Waals surface area (Å²) >= 11 is 0. The van der Waals surface area contributed by atoms with E-state index in [9.17, 15) is 5.11 Å². The Morgan fingerprint density at radius 2 is 2.00 bits per heavy atom. The third-order valence-electron chi connectivity index (χ3n) is 3.84. The van der Waals surface area contributed by atoms with Crippen LogP contribution in [0, 0.1) is 6.92 Å². The van der Waals surface area contributed by atoms with E-state index in [2.05, 4.69) is 15.5 Å². The smallest absolute Gasteiger partial charge is 0.136 e. The highest BCUT2D eigenvalue weighted by atomic mass is 16.4. The first kappa shape index (κ1) is 15.5. The molecule has 5 nitrogen and oxygen atoms in total. The van der Waals surface area contributed by atoms with Gasteiger partial charge in [-0.3, -0.25) is 5.10 Å². The maximum Gasteiger partial charge on any atom is 0.136 e. The molecular formula is C18H21N3O2. The fourth-order valence-electron chi connectivity index (χ4n) is 2.55. The zero-order valence-corrected chi connectivity index (χ0v) is 13.3. The van der Waals surface area contributed by atoms with Gasteiger partial charge in [0.2, 0.25) is 0 Å². The molecule has 1 atom stereocenters. The molecule has 1 unspecified atom stereocenters. The Bertz CT molecular complexity index is 759. The van der Waals surface area contributed by atoms with Gasteiger partial charge in [0.25, 0.3) is 0 Å². The number of H-pyrrole nitrogens is 1. The molecule has 0 aliphatic heterocycles. The quantitative estimate of drug-likeness (QED) is 0.654. The molecule has 0 saturated carbocycles. The molecule has 0 saturated heterocycles. The van der Waals surface area contributed by atoms with Gasteiger partial charge in [-0.1, -0.05) is 30.3 Å². The van der Waals surface area contributed by atoms with E-state index in [4.69, 9.17) is 4.42 Å². The molecule has 2 aromatic heterocycles. The molecule has 1 aromatic carbocycles. The molecule has 0 aliphatic carbocycles. The molecule has 3 rings (SSSR count). The number of furan rings is 1. The molecule has 0 amide bonds. The van der Waals surface area contributed by atoms with Crippen molar-refractivity contribution in [3.05, 3.63) is 65.7 Å². The summed E-state index contributed by atoms with van der Waals surface area (Å²) < 4.78 is 5.52. The van der Waals surface area contributed by atoms with Crippen LogP contribution in [-0.4, -0.2) is 21.8 Å². The zero-order chi connectivity index (χ0) is 16.3. The minimum Gasteiger partial charge on any atom is -0.463 e. The normalized spacial score (nSPS) is 13.9. The Morgan fingerprint density at radius 1 is 1.22 bits per heavy atom. The van der Waals surface area contributed by atoms with Crippen LogP contribution in [-0.2, 0) is 12.1 Å². The lowest BCUT2D eigenvalue weighted by Crippen LogP contribution is -2.34. The van der Waals surface area contributed by atoms with Gasteiger partial charge in [-0.15, -0.1) is 0 Å². The van der Waals surface area contributed by atoms with Crippen molar-refractivity contribution < 1.29 is 9.52 Å². The first-order chi connectivity index (χ1) is 11.1. The lowest BCUT2D eigenvalue weighted by atomic mass is 10.0. The van der Waals surface area contributed by atoms with Crippen LogP contribution in [0.3, 0.4) is 0 Å². The molecule has 3 aromatic rings. The fraction of sp³-hybridized carbons (Fsp3) is 0.278. The molecule has 0 fully saturated rings. The Labute approximate surface area is 135 Å². The summed E-state index contributed by atoms with van der Waals surface area (Å²) in [6.07, 6.45) is 1.81. The van der Waals surface area contributed by atoms with Crippen molar-refractivity contribution in [1.29, 1.82) is 0 Å². The molecule has 5 heteroatoms. The fourth-order valence-corrected chi connectivity index (χ4v) is 2.55. The van der Waals surface area contributed by atoms with E-state index in [-0.39, 0.29) is 0 Å². The van der Waals surface area contributed by atoms with E-state index in [1.54, 1.807) is 13.1 Å². The van der Waals surface area contributed by atoms with Gasteiger partial charge in [-0.05, 0) is 31.5 Å². The van der Waals surface area contributed by atoms with Gasteiger partial charge in [0.15, 0.2) is 0 Å². The number of hydrogen-bond acceptors (Lipinski definition) is 4. The van der Waals surface area contributed by atoms with Crippen molar-refractivity contribution in [3.63, 3.8) is 0 Å². The third kappa shape index (κ3) is 3.52. The number of rotatable bonds is 6. The topological polar surface area (TPSA) is 74.1 Å². The number of nitrogens with one attached hydrogen (secondary N) is 2. The number of aromatic nitrogens is 2. The van der Waals surface area contributed by atoms with Crippen LogP contribution in [0.4, 0.5) is 0 Å². The highest BCUT2D eigenvalue weighted by Gasteiger charge is 2.26. The SMILES string of the molecule is Cc1ccc(C(C)(O)CNCc2cn[nH]c2-c2ccccc2)o1. The lowest BCUT2D eigenvalue weighted by Gasteiger charge is -2.21. The van der Waals surface area contributed by atoms with E-state index in [1.807, 2.05) is 49.4 Å². The van der Waals surface area contributed by atoms with Crippen LogP contribution < -0.4 is 5.32 Å². The summed E-state index contributed by atoms with van der Waals surface area (Å²) in [6.45, 7) is 4.60. The molecular weight excluding hydrogens is 290 g/mol. The molecule has 23 heavy (non-hydrogen) atoms. The Hall–Kier alpha value is -2.37. The van der Waals surface area contributed by atoms with E-state index < -0.39 is 5.60 Å². The van der Waals surface area contributed by atoms with Crippen molar-refractivity contribution in [1.82, 2.24) is 15.5 Å². The van der Waals surface area contributed by atoms with Crippen molar-refractivity contribution in [2.45, 2.75) is 26.0 Å². The number of hydrogen-bond donors (Lipinski definition) is 3. The molecule has 0 bridgehead atoms. The second-order valence-electron chi connectivity index (χ2n) is 5.92. The van der Waals surface area contributed by atoms with Crippen LogP contribution >= 0.6 is 0 Å². The first-order valence-corrected chi connectivity index (χ1v) is 7.64. The lowest BCUT2D eigenvalue weighted by molar-refractivity contribution is 0.0333. The van der Waals surface area contributed by atoms with E-state index >= 15 is 0 Å². The predicted molar refractivity (Wildman–Crippen MR) is 88.7 cm³/mol. The number of aryl methyl sites for hydroxylation is 1. The van der Waals surface area contributed by atoms with Crippen molar-refractivity contribution >= 4 is 0 Å². The van der Waals surface area contributed by atoms with Crippen LogP contribution in [0.25, 0.3) is 11.3 Å². The average molecular weight is 311 g/mol.